The Morgan fingerprint density at radius 2 is 2.15 bits per heavy atom. The monoisotopic (exact) mass is 179 g/mol. The first-order chi connectivity index (χ1) is 6.33. The topological polar surface area (TPSA) is 29.1 Å². The van der Waals surface area contributed by atoms with Crippen LogP contribution in [0.4, 0.5) is 0 Å². The first-order valence-electron chi connectivity index (χ1n) is 5.27. The zero-order valence-corrected chi connectivity index (χ0v) is 8.01. The predicted molar refractivity (Wildman–Crippen MR) is 52.3 cm³/mol. The molecule has 2 nitrogen and oxygen atoms in total. The van der Waals surface area contributed by atoms with Gasteiger partial charge in [0.25, 0.3) is 0 Å². The fraction of sp³-hybridized carbons (Fsp3) is 0.727. The van der Waals surface area contributed by atoms with E-state index in [0.29, 0.717) is 5.91 Å². The van der Waals surface area contributed by atoms with Gasteiger partial charge in [-0.3, -0.25) is 4.79 Å². The van der Waals surface area contributed by atoms with Gasteiger partial charge in [-0.15, -0.1) is 0 Å². The van der Waals surface area contributed by atoms with Crippen LogP contribution in [0.2, 0.25) is 0 Å². The van der Waals surface area contributed by atoms with Crippen molar-refractivity contribution in [3.8, 4) is 0 Å². The van der Waals surface area contributed by atoms with Crippen molar-refractivity contribution < 1.29 is 4.79 Å². The average Bonchev–Trinajstić information content (AvgIpc) is 2.33. The van der Waals surface area contributed by atoms with Crippen molar-refractivity contribution in [3.63, 3.8) is 0 Å². The van der Waals surface area contributed by atoms with Crippen molar-refractivity contribution in [2.75, 3.05) is 6.54 Å². The molecule has 0 saturated carbocycles. The highest BCUT2D eigenvalue weighted by molar-refractivity contribution is 5.83. The summed E-state index contributed by atoms with van der Waals surface area (Å²) in [6.07, 6.45) is 10.9. The van der Waals surface area contributed by atoms with Crippen LogP contribution in [0.3, 0.4) is 0 Å². The number of hydrogen-bond donors (Lipinski definition) is 1. The Morgan fingerprint density at radius 3 is 2.92 bits per heavy atom. The van der Waals surface area contributed by atoms with E-state index in [4.69, 9.17) is 0 Å². The molecule has 0 aromatic rings. The summed E-state index contributed by atoms with van der Waals surface area (Å²) in [5.74, 6) is 0.300. The van der Waals surface area contributed by atoms with Crippen molar-refractivity contribution in [1.82, 2.24) is 5.32 Å². The minimum atomic E-state index is -0.0365. The van der Waals surface area contributed by atoms with Crippen molar-refractivity contribution in [2.24, 2.45) is 5.41 Å². The summed E-state index contributed by atoms with van der Waals surface area (Å²) in [5, 5.41) is 3.03. The number of rotatable bonds is 0. The van der Waals surface area contributed by atoms with Crippen LogP contribution in [-0.2, 0) is 4.79 Å². The maximum Gasteiger partial charge on any atom is 0.226 e. The minimum Gasteiger partial charge on any atom is -0.356 e. The van der Waals surface area contributed by atoms with E-state index < -0.39 is 0 Å². The Morgan fingerprint density at radius 1 is 1.23 bits per heavy atom. The average molecular weight is 179 g/mol. The van der Waals surface area contributed by atoms with Crippen LogP contribution in [0.15, 0.2) is 12.2 Å². The molecule has 1 amide bonds. The molecule has 1 saturated heterocycles. The number of allylic oxidation sites excluding steroid dienone is 2. The van der Waals surface area contributed by atoms with Crippen LogP contribution in [0.25, 0.3) is 0 Å². The summed E-state index contributed by atoms with van der Waals surface area (Å²) in [5.41, 5.74) is -0.0365. The fourth-order valence-corrected chi connectivity index (χ4v) is 2.41. The Hall–Kier alpha value is -0.790. The molecule has 1 unspecified atom stereocenters. The molecular formula is C11H17NO. The minimum absolute atomic E-state index is 0.0365. The number of nitrogens with one attached hydrogen (secondary N) is 1. The van der Waals surface area contributed by atoms with E-state index in [9.17, 15) is 4.79 Å². The standard InChI is InChI=1S/C11H17NO/c13-10-11(6-2-1-3-7-11)8-4-5-9-12-10/h1-2H,3-9H2,(H,12,13). The van der Waals surface area contributed by atoms with Gasteiger partial charge in [-0.05, 0) is 32.1 Å². The lowest BCUT2D eigenvalue weighted by Gasteiger charge is -2.31. The van der Waals surface area contributed by atoms with E-state index in [1.54, 1.807) is 0 Å². The van der Waals surface area contributed by atoms with Crippen LogP contribution < -0.4 is 5.32 Å². The van der Waals surface area contributed by atoms with Gasteiger partial charge in [-0.1, -0.05) is 18.6 Å². The molecule has 1 fully saturated rings. The Bertz CT molecular complexity index is 234. The van der Waals surface area contributed by atoms with Crippen LogP contribution >= 0.6 is 0 Å². The summed E-state index contributed by atoms with van der Waals surface area (Å²) in [6, 6.07) is 0. The SMILES string of the molecule is O=C1NCCCCC12CC=CCC2. The highest BCUT2D eigenvalue weighted by atomic mass is 16.2. The Labute approximate surface area is 79.4 Å². The number of amides is 1. The first-order valence-corrected chi connectivity index (χ1v) is 5.27. The zero-order valence-electron chi connectivity index (χ0n) is 8.01. The molecule has 1 aliphatic carbocycles. The molecular weight excluding hydrogens is 162 g/mol. The fourth-order valence-electron chi connectivity index (χ4n) is 2.41. The predicted octanol–water partition coefficient (Wildman–Crippen LogP) is 2.01. The second kappa shape index (κ2) is 3.52. The second-order valence-electron chi connectivity index (χ2n) is 4.21. The number of carbonyl (C=O) groups excluding carboxylic acids is 1. The third-order valence-electron chi connectivity index (χ3n) is 3.31. The lowest BCUT2D eigenvalue weighted by Crippen LogP contribution is -2.39. The molecule has 0 aromatic carbocycles. The molecule has 1 N–H and O–H groups in total. The number of hydrogen-bond acceptors (Lipinski definition) is 1. The van der Waals surface area contributed by atoms with Gasteiger partial charge in [0.15, 0.2) is 0 Å². The van der Waals surface area contributed by atoms with Gasteiger partial charge >= 0.3 is 0 Å². The smallest absolute Gasteiger partial charge is 0.226 e. The van der Waals surface area contributed by atoms with Gasteiger partial charge in [0.2, 0.25) is 5.91 Å². The molecule has 1 aliphatic heterocycles. The molecule has 1 spiro atoms. The van der Waals surface area contributed by atoms with E-state index in [1.807, 2.05) is 0 Å². The van der Waals surface area contributed by atoms with Gasteiger partial charge in [0, 0.05) is 6.54 Å². The lowest BCUT2D eigenvalue weighted by molar-refractivity contribution is -0.131. The van der Waals surface area contributed by atoms with E-state index in [2.05, 4.69) is 17.5 Å². The van der Waals surface area contributed by atoms with Gasteiger partial charge in [0.1, 0.15) is 0 Å². The quantitative estimate of drug-likeness (QED) is 0.566. The van der Waals surface area contributed by atoms with Gasteiger partial charge in [-0.25, -0.2) is 0 Å². The van der Waals surface area contributed by atoms with Crippen molar-refractivity contribution in [1.29, 1.82) is 0 Å². The maximum atomic E-state index is 11.8. The molecule has 72 valence electrons. The third-order valence-corrected chi connectivity index (χ3v) is 3.31. The molecule has 1 atom stereocenters. The Balaban J connectivity index is 2.16. The first kappa shape index (κ1) is 8.79. The van der Waals surface area contributed by atoms with Gasteiger partial charge < -0.3 is 5.32 Å². The molecule has 2 heteroatoms. The zero-order chi connectivity index (χ0) is 9.15. The lowest BCUT2D eigenvalue weighted by atomic mass is 9.73. The van der Waals surface area contributed by atoms with E-state index >= 15 is 0 Å². The Kier molecular flexibility index (Phi) is 2.38. The molecule has 1 heterocycles. The van der Waals surface area contributed by atoms with Crippen molar-refractivity contribution in [2.45, 2.75) is 38.5 Å². The number of carbonyl (C=O) groups is 1. The maximum absolute atomic E-state index is 11.8. The molecule has 2 aliphatic rings. The van der Waals surface area contributed by atoms with Crippen LogP contribution in [0.1, 0.15) is 38.5 Å². The molecule has 13 heavy (non-hydrogen) atoms. The highest BCUT2D eigenvalue weighted by Gasteiger charge is 2.38. The van der Waals surface area contributed by atoms with Gasteiger partial charge in [0.05, 0.1) is 5.41 Å². The van der Waals surface area contributed by atoms with Gasteiger partial charge in [-0.2, -0.15) is 0 Å². The van der Waals surface area contributed by atoms with Crippen molar-refractivity contribution >= 4 is 5.91 Å². The summed E-state index contributed by atoms with van der Waals surface area (Å²) in [7, 11) is 0. The normalized spacial score (nSPS) is 34.3. The summed E-state index contributed by atoms with van der Waals surface area (Å²) in [4.78, 5) is 11.8. The van der Waals surface area contributed by atoms with Crippen molar-refractivity contribution in [3.05, 3.63) is 12.2 Å². The van der Waals surface area contributed by atoms with Crippen LogP contribution in [-0.4, -0.2) is 12.5 Å². The highest BCUT2D eigenvalue weighted by Crippen LogP contribution is 2.38. The summed E-state index contributed by atoms with van der Waals surface area (Å²) >= 11 is 0. The third kappa shape index (κ3) is 1.62. The summed E-state index contributed by atoms with van der Waals surface area (Å²) < 4.78 is 0. The second-order valence-corrected chi connectivity index (χ2v) is 4.21. The molecule has 0 bridgehead atoms. The molecule has 0 radical (unpaired) electrons. The van der Waals surface area contributed by atoms with Crippen LogP contribution in [0, 0.1) is 5.41 Å². The molecule has 2 rings (SSSR count). The molecule has 0 aromatic heterocycles. The van der Waals surface area contributed by atoms with E-state index in [1.165, 1.54) is 6.42 Å². The van der Waals surface area contributed by atoms with E-state index in [-0.39, 0.29) is 5.41 Å². The van der Waals surface area contributed by atoms with E-state index in [0.717, 1.165) is 38.6 Å². The summed E-state index contributed by atoms with van der Waals surface area (Å²) in [6.45, 7) is 0.879. The van der Waals surface area contributed by atoms with Crippen LogP contribution in [0.5, 0.6) is 0 Å². The largest absolute Gasteiger partial charge is 0.356 e.